The Bertz CT molecular complexity index is 1110. The summed E-state index contributed by atoms with van der Waals surface area (Å²) >= 11 is 0. The molecule has 2 aromatic rings. The Hall–Kier alpha value is -2.23. The average molecular weight is 437 g/mol. The van der Waals surface area contributed by atoms with Gasteiger partial charge in [-0.1, -0.05) is 37.3 Å². The number of aryl methyl sites for hydroxylation is 2. The Labute approximate surface area is 171 Å². The van der Waals surface area contributed by atoms with Crippen LogP contribution in [-0.4, -0.2) is 35.0 Å². The molecule has 1 atom stereocenters. The van der Waals surface area contributed by atoms with Gasteiger partial charge in [0.05, 0.1) is 22.3 Å². The van der Waals surface area contributed by atoms with Crippen LogP contribution >= 0.6 is 0 Å². The summed E-state index contributed by atoms with van der Waals surface area (Å²) in [5, 5.41) is 0. The van der Waals surface area contributed by atoms with Gasteiger partial charge < -0.3 is 0 Å². The quantitative estimate of drug-likeness (QED) is 0.671. The SMILES string of the molecule is Cc1cc(N2C(=O)[C@H](C)CS2(=O)=O)ccc1S(=O)(=O)NCCCc1ccccc1. The van der Waals surface area contributed by atoms with Crippen LogP contribution in [0.25, 0.3) is 0 Å². The van der Waals surface area contributed by atoms with Gasteiger partial charge in [0.15, 0.2) is 0 Å². The number of rotatable bonds is 7. The number of hydrogen-bond acceptors (Lipinski definition) is 5. The molecule has 156 valence electrons. The van der Waals surface area contributed by atoms with E-state index in [4.69, 9.17) is 0 Å². The molecule has 1 heterocycles. The number of nitrogens with one attached hydrogen (secondary N) is 1. The zero-order chi connectivity index (χ0) is 21.2. The topological polar surface area (TPSA) is 101 Å². The molecule has 1 saturated heterocycles. The second-order valence-electron chi connectivity index (χ2n) is 7.22. The largest absolute Gasteiger partial charge is 0.273 e. The summed E-state index contributed by atoms with van der Waals surface area (Å²) in [5.41, 5.74) is 1.68. The Morgan fingerprint density at radius 1 is 1.14 bits per heavy atom. The van der Waals surface area contributed by atoms with Crippen LogP contribution in [0.1, 0.15) is 24.5 Å². The minimum atomic E-state index is -3.74. The normalized spacial score (nSPS) is 18.9. The van der Waals surface area contributed by atoms with E-state index in [9.17, 15) is 21.6 Å². The molecule has 1 aliphatic rings. The van der Waals surface area contributed by atoms with Crippen molar-refractivity contribution >= 4 is 31.6 Å². The molecule has 0 radical (unpaired) electrons. The number of hydrogen-bond donors (Lipinski definition) is 1. The standard InChI is InChI=1S/C20H24N2O5S2/c1-15-13-18(22-20(23)16(2)14-28(22,24)25)10-11-19(15)29(26,27)21-12-6-9-17-7-4-3-5-8-17/h3-5,7-8,10-11,13,16,21H,6,9,12,14H2,1-2H3/t16-/m1/s1. The summed E-state index contributed by atoms with van der Waals surface area (Å²) in [6.07, 6.45) is 1.41. The van der Waals surface area contributed by atoms with Gasteiger partial charge in [-0.2, -0.15) is 0 Å². The molecule has 0 unspecified atom stereocenters. The summed E-state index contributed by atoms with van der Waals surface area (Å²) in [4.78, 5) is 12.3. The van der Waals surface area contributed by atoms with Gasteiger partial charge in [0.2, 0.25) is 26.0 Å². The number of amides is 1. The lowest BCUT2D eigenvalue weighted by atomic mass is 10.1. The summed E-state index contributed by atoms with van der Waals surface area (Å²) in [5.74, 6) is -1.36. The molecule has 0 aromatic heterocycles. The molecule has 7 nitrogen and oxygen atoms in total. The van der Waals surface area contributed by atoms with E-state index >= 15 is 0 Å². The predicted octanol–water partition coefficient (Wildman–Crippen LogP) is 2.22. The minimum absolute atomic E-state index is 0.0676. The molecule has 3 rings (SSSR count). The lowest BCUT2D eigenvalue weighted by Gasteiger charge is -2.17. The van der Waals surface area contributed by atoms with Crippen molar-refractivity contribution in [2.45, 2.75) is 31.6 Å². The van der Waals surface area contributed by atoms with Gasteiger partial charge in [-0.3, -0.25) is 4.79 Å². The molecular formula is C20H24N2O5S2. The Kier molecular flexibility index (Phi) is 6.11. The van der Waals surface area contributed by atoms with Crippen molar-refractivity contribution in [2.75, 3.05) is 16.6 Å². The van der Waals surface area contributed by atoms with Gasteiger partial charge in [-0.05, 0) is 49.1 Å². The lowest BCUT2D eigenvalue weighted by molar-refractivity contribution is -0.119. The van der Waals surface area contributed by atoms with E-state index in [2.05, 4.69) is 4.72 Å². The molecule has 0 saturated carbocycles. The number of benzene rings is 2. The number of nitrogens with zero attached hydrogens (tertiary/aromatic N) is 1. The Balaban J connectivity index is 1.71. The van der Waals surface area contributed by atoms with Crippen molar-refractivity contribution in [3.8, 4) is 0 Å². The van der Waals surface area contributed by atoms with E-state index in [1.807, 2.05) is 30.3 Å². The zero-order valence-corrected chi connectivity index (χ0v) is 18.0. The zero-order valence-electron chi connectivity index (χ0n) is 16.3. The van der Waals surface area contributed by atoms with Crippen LogP contribution in [-0.2, 0) is 31.3 Å². The van der Waals surface area contributed by atoms with Crippen molar-refractivity contribution in [3.63, 3.8) is 0 Å². The summed E-state index contributed by atoms with van der Waals surface area (Å²) in [6.45, 7) is 3.43. The minimum Gasteiger partial charge on any atom is -0.273 e. The van der Waals surface area contributed by atoms with E-state index in [1.165, 1.54) is 18.2 Å². The molecule has 1 fully saturated rings. The van der Waals surface area contributed by atoms with E-state index in [0.717, 1.165) is 16.3 Å². The van der Waals surface area contributed by atoms with Gasteiger partial charge in [-0.25, -0.2) is 25.9 Å². The van der Waals surface area contributed by atoms with Crippen molar-refractivity contribution in [1.29, 1.82) is 0 Å². The van der Waals surface area contributed by atoms with Crippen LogP contribution in [0.2, 0.25) is 0 Å². The highest BCUT2D eigenvalue weighted by Gasteiger charge is 2.42. The first kappa shape index (κ1) is 21.5. The molecule has 1 N–H and O–H groups in total. The van der Waals surface area contributed by atoms with Gasteiger partial charge in [0.1, 0.15) is 0 Å². The maximum atomic E-state index is 12.6. The van der Waals surface area contributed by atoms with Crippen molar-refractivity contribution in [3.05, 3.63) is 59.7 Å². The summed E-state index contributed by atoms with van der Waals surface area (Å²) in [7, 11) is -7.47. The third kappa shape index (κ3) is 4.68. The molecule has 29 heavy (non-hydrogen) atoms. The van der Waals surface area contributed by atoms with E-state index < -0.39 is 31.9 Å². The first-order valence-electron chi connectivity index (χ1n) is 9.33. The number of carbonyl (C=O) groups is 1. The molecule has 0 spiro atoms. The average Bonchev–Trinajstić information content (AvgIpc) is 2.86. The second kappa shape index (κ2) is 8.25. The number of anilines is 1. The van der Waals surface area contributed by atoms with Crippen molar-refractivity contribution in [2.24, 2.45) is 5.92 Å². The third-order valence-electron chi connectivity index (χ3n) is 4.82. The summed E-state index contributed by atoms with van der Waals surface area (Å²) in [6, 6.07) is 13.9. The molecule has 2 aromatic carbocycles. The van der Waals surface area contributed by atoms with E-state index in [0.29, 0.717) is 12.0 Å². The molecule has 0 aliphatic carbocycles. The van der Waals surface area contributed by atoms with Crippen LogP contribution in [0.15, 0.2) is 53.4 Å². The van der Waals surface area contributed by atoms with Gasteiger partial charge in [-0.15, -0.1) is 0 Å². The van der Waals surface area contributed by atoms with Crippen LogP contribution in [0.3, 0.4) is 0 Å². The highest BCUT2D eigenvalue weighted by Crippen LogP contribution is 2.30. The second-order valence-corrected chi connectivity index (χ2v) is 10.8. The Morgan fingerprint density at radius 2 is 1.83 bits per heavy atom. The van der Waals surface area contributed by atoms with Gasteiger partial charge in [0, 0.05) is 6.54 Å². The Morgan fingerprint density at radius 3 is 2.41 bits per heavy atom. The maximum Gasteiger partial charge on any atom is 0.244 e. The number of sulfonamides is 2. The molecule has 1 amide bonds. The lowest BCUT2D eigenvalue weighted by Crippen LogP contribution is -2.30. The fourth-order valence-corrected chi connectivity index (χ4v) is 6.48. The van der Waals surface area contributed by atoms with Crippen LogP contribution in [0.5, 0.6) is 0 Å². The fraction of sp³-hybridized carbons (Fsp3) is 0.350. The third-order valence-corrected chi connectivity index (χ3v) is 8.31. The van der Waals surface area contributed by atoms with Gasteiger partial charge >= 0.3 is 0 Å². The predicted molar refractivity (Wildman–Crippen MR) is 112 cm³/mol. The van der Waals surface area contributed by atoms with Crippen LogP contribution in [0, 0.1) is 12.8 Å². The smallest absolute Gasteiger partial charge is 0.244 e. The fourth-order valence-electron chi connectivity index (χ4n) is 3.37. The maximum absolute atomic E-state index is 12.6. The van der Waals surface area contributed by atoms with E-state index in [1.54, 1.807) is 13.8 Å². The van der Waals surface area contributed by atoms with Crippen LogP contribution in [0.4, 0.5) is 5.69 Å². The highest BCUT2D eigenvalue weighted by molar-refractivity contribution is 7.94. The van der Waals surface area contributed by atoms with E-state index in [-0.39, 0.29) is 22.9 Å². The highest BCUT2D eigenvalue weighted by atomic mass is 32.2. The molecular weight excluding hydrogens is 412 g/mol. The van der Waals surface area contributed by atoms with Crippen LogP contribution < -0.4 is 9.03 Å². The van der Waals surface area contributed by atoms with Crippen molar-refractivity contribution < 1.29 is 21.6 Å². The van der Waals surface area contributed by atoms with Gasteiger partial charge in [0.25, 0.3) is 0 Å². The monoisotopic (exact) mass is 436 g/mol. The first-order chi connectivity index (χ1) is 13.6. The molecule has 0 bridgehead atoms. The molecule has 9 heteroatoms. The molecule has 1 aliphatic heterocycles. The first-order valence-corrected chi connectivity index (χ1v) is 12.4. The van der Waals surface area contributed by atoms with Crippen molar-refractivity contribution in [1.82, 2.24) is 4.72 Å². The summed E-state index contributed by atoms with van der Waals surface area (Å²) < 4.78 is 53.1. The number of carbonyl (C=O) groups excluding carboxylic acids is 1.